The number of nitrogens with zero attached hydrogens (tertiary/aromatic N) is 1. The van der Waals surface area contributed by atoms with Crippen LogP contribution in [0.5, 0.6) is 0 Å². The molecule has 90 valence electrons. The van der Waals surface area contributed by atoms with E-state index in [9.17, 15) is 5.11 Å². The molecule has 0 aliphatic heterocycles. The topological polar surface area (TPSA) is 46.3 Å². The fraction of sp³-hybridized carbons (Fsp3) is 0.308. The van der Waals surface area contributed by atoms with Gasteiger partial charge in [-0.1, -0.05) is 35.5 Å². The highest BCUT2D eigenvalue weighted by atomic mass is 32.2. The van der Waals surface area contributed by atoms with Crippen LogP contribution in [0, 0.1) is 6.92 Å². The molecule has 2 unspecified atom stereocenters. The minimum Gasteiger partial charge on any atom is -0.387 e. The molecule has 0 radical (unpaired) electrons. The van der Waals surface area contributed by atoms with Crippen molar-refractivity contribution >= 4 is 11.8 Å². The van der Waals surface area contributed by atoms with Gasteiger partial charge in [-0.3, -0.25) is 0 Å². The first-order chi connectivity index (χ1) is 8.22. The fourth-order valence-electron chi connectivity index (χ4n) is 1.74. The average Bonchev–Trinajstić information content (AvgIpc) is 2.78. The van der Waals surface area contributed by atoms with Crippen LogP contribution >= 0.6 is 11.8 Å². The van der Waals surface area contributed by atoms with Gasteiger partial charge in [0.05, 0.1) is 17.0 Å². The van der Waals surface area contributed by atoms with Crippen molar-refractivity contribution in [2.45, 2.75) is 18.3 Å². The Bertz CT molecular complexity index is 469. The van der Waals surface area contributed by atoms with Gasteiger partial charge in [0.2, 0.25) is 0 Å². The van der Waals surface area contributed by atoms with E-state index in [0.29, 0.717) is 5.76 Å². The molecule has 0 saturated heterocycles. The molecule has 0 aliphatic rings. The van der Waals surface area contributed by atoms with E-state index in [1.54, 1.807) is 11.8 Å². The third-order valence-electron chi connectivity index (χ3n) is 2.61. The zero-order valence-corrected chi connectivity index (χ0v) is 10.6. The van der Waals surface area contributed by atoms with Gasteiger partial charge in [0, 0.05) is 6.07 Å². The standard InChI is InChI=1S/C13H15NO2S/c1-9-8-11(16-14-9)13(17-2)12(15)10-6-4-3-5-7-10/h3-8,12-13,15H,1-2H3. The molecule has 1 N–H and O–H groups in total. The second-order valence-corrected chi connectivity index (χ2v) is 4.86. The van der Waals surface area contributed by atoms with Crippen LogP contribution in [0.25, 0.3) is 0 Å². The number of hydrogen-bond acceptors (Lipinski definition) is 4. The lowest BCUT2D eigenvalue weighted by Gasteiger charge is -2.18. The zero-order chi connectivity index (χ0) is 12.3. The monoisotopic (exact) mass is 249 g/mol. The van der Waals surface area contributed by atoms with E-state index >= 15 is 0 Å². The van der Waals surface area contributed by atoms with Crippen molar-refractivity contribution in [2.75, 3.05) is 6.26 Å². The summed E-state index contributed by atoms with van der Waals surface area (Å²) in [6.07, 6.45) is 1.37. The molecule has 3 nitrogen and oxygen atoms in total. The number of aromatic nitrogens is 1. The molecule has 2 rings (SSSR count). The van der Waals surface area contributed by atoms with E-state index in [2.05, 4.69) is 5.16 Å². The molecule has 0 fully saturated rings. The van der Waals surface area contributed by atoms with Crippen LogP contribution in [0.1, 0.15) is 28.4 Å². The highest BCUT2D eigenvalue weighted by molar-refractivity contribution is 7.98. The first-order valence-corrected chi connectivity index (χ1v) is 6.70. The predicted octanol–water partition coefficient (Wildman–Crippen LogP) is 3.12. The summed E-state index contributed by atoms with van der Waals surface area (Å²) in [7, 11) is 0. The van der Waals surface area contributed by atoms with E-state index in [4.69, 9.17) is 4.52 Å². The van der Waals surface area contributed by atoms with Crippen molar-refractivity contribution < 1.29 is 9.63 Å². The molecule has 2 aromatic rings. The lowest BCUT2D eigenvalue weighted by atomic mass is 10.0. The van der Waals surface area contributed by atoms with E-state index in [-0.39, 0.29) is 5.25 Å². The normalized spacial score (nSPS) is 14.5. The van der Waals surface area contributed by atoms with Crippen LogP contribution in [0.3, 0.4) is 0 Å². The first-order valence-electron chi connectivity index (χ1n) is 5.41. The average molecular weight is 249 g/mol. The number of aliphatic hydroxyl groups excluding tert-OH is 1. The number of aryl methyl sites for hydroxylation is 1. The van der Waals surface area contributed by atoms with Gasteiger partial charge < -0.3 is 9.63 Å². The summed E-state index contributed by atoms with van der Waals surface area (Å²) in [6, 6.07) is 11.5. The smallest absolute Gasteiger partial charge is 0.152 e. The molecule has 0 bridgehead atoms. The minimum atomic E-state index is -0.585. The van der Waals surface area contributed by atoms with Crippen molar-refractivity contribution in [2.24, 2.45) is 0 Å². The SMILES string of the molecule is CSC(c1cc(C)no1)C(O)c1ccccc1. The Hall–Kier alpha value is -1.26. The van der Waals surface area contributed by atoms with Gasteiger partial charge >= 0.3 is 0 Å². The first kappa shape index (κ1) is 12.2. The number of rotatable bonds is 4. The molecule has 0 saturated carbocycles. The van der Waals surface area contributed by atoms with Crippen LogP contribution < -0.4 is 0 Å². The quantitative estimate of drug-likeness (QED) is 0.904. The van der Waals surface area contributed by atoms with Crippen molar-refractivity contribution in [3.8, 4) is 0 Å². The number of benzene rings is 1. The van der Waals surface area contributed by atoms with Crippen LogP contribution in [-0.2, 0) is 0 Å². The highest BCUT2D eigenvalue weighted by Gasteiger charge is 2.25. The van der Waals surface area contributed by atoms with Crippen LogP contribution in [-0.4, -0.2) is 16.5 Å². The lowest BCUT2D eigenvalue weighted by Crippen LogP contribution is -2.06. The summed E-state index contributed by atoms with van der Waals surface area (Å²) in [6.45, 7) is 1.87. The van der Waals surface area contributed by atoms with Crippen molar-refractivity contribution in [1.29, 1.82) is 0 Å². The molecule has 1 heterocycles. The summed E-state index contributed by atoms with van der Waals surface area (Å²) in [4.78, 5) is 0. The second-order valence-electron chi connectivity index (χ2n) is 3.88. The summed E-state index contributed by atoms with van der Waals surface area (Å²) in [5.41, 5.74) is 1.72. The molecular formula is C13H15NO2S. The van der Waals surface area contributed by atoms with Gasteiger partial charge in [0.1, 0.15) is 0 Å². The van der Waals surface area contributed by atoms with E-state index in [0.717, 1.165) is 11.3 Å². The van der Waals surface area contributed by atoms with Gasteiger partial charge in [-0.2, -0.15) is 11.8 Å². The van der Waals surface area contributed by atoms with Gasteiger partial charge in [0.15, 0.2) is 5.76 Å². The lowest BCUT2D eigenvalue weighted by molar-refractivity contribution is 0.163. The third kappa shape index (κ3) is 2.70. The second kappa shape index (κ2) is 5.38. The van der Waals surface area contributed by atoms with Crippen LogP contribution in [0.4, 0.5) is 0 Å². The number of thioether (sulfide) groups is 1. The Labute approximate surface area is 105 Å². The van der Waals surface area contributed by atoms with Gasteiger partial charge in [0.25, 0.3) is 0 Å². The Kier molecular flexibility index (Phi) is 3.86. The van der Waals surface area contributed by atoms with Crippen LogP contribution in [0.2, 0.25) is 0 Å². The molecule has 0 spiro atoms. The summed E-state index contributed by atoms with van der Waals surface area (Å²) in [5.74, 6) is 0.714. The molecule has 1 aromatic heterocycles. The molecule has 1 aromatic carbocycles. The van der Waals surface area contributed by atoms with Crippen molar-refractivity contribution in [3.63, 3.8) is 0 Å². The fourth-order valence-corrected chi connectivity index (χ4v) is 2.50. The summed E-state index contributed by atoms with van der Waals surface area (Å²) >= 11 is 1.56. The molecule has 0 aliphatic carbocycles. The van der Waals surface area contributed by atoms with Crippen molar-refractivity contribution in [1.82, 2.24) is 5.16 Å². The van der Waals surface area contributed by atoms with E-state index < -0.39 is 6.10 Å². The Morgan fingerprint density at radius 3 is 2.53 bits per heavy atom. The predicted molar refractivity (Wildman–Crippen MR) is 68.9 cm³/mol. The molecule has 4 heteroatoms. The third-order valence-corrected chi connectivity index (χ3v) is 3.61. The molecular weight excluding hydrogens is 234 g/mol. The van der Waals surface area contributed by atoms with E-state index in [1.807, 2.05) is 49.6 Å². The molecule has 17 heavy (non-hydrogen) atoms. The summed E-state index contributed by atoms with van der Waals surface area (Å²) in [5, 5.41) is 14.1. The maximum Gasteiger partial charge on any atom is 0.152 e. The largest absolute Gasteiger partial charge is 0.387 e. The maximum absolute atomic E-state index is 10.3. The number of hydrogen-bond donors (Lipinski definition) is 1. The van der Waals surface area contributed by atoms with Crippen molar-refractivity contribution in [3.05, 3.63) is 53.4 Å². The van der Waals surface area contributed by atoms with Crippen LogP contribution in [0.15, 0.2) is 40.9 Å². The Morgan fingerprint density at radius 2 is 2.00 bits per heavy atom. The molecule has 0 amide bonds. The zero-order valence-electron chi connectivity index (χ0n) is 9.83. The van der Waals surface area contributed by atoms with Gasteiger partial charge in [-0.25, -0.2) is 0 Å². The van der Waals surface area contributed by atoms with Gasteiger partial charge in [-0.15, -0.1) is 0 Å². The van der Waals surface area contributed by atoms with E-state index in [1.165, 1.54) is 0 Å². The maximum atomic E-state index is 10.3. The summed E-state index contributed by atoms with van der Waals surface area (Å²) < 4.78 is 5.23. The highest BCUT2D eigenvalue weighted by Crippen LogP contribution is 2.38. The number of aliphatic hydroxyl groups is 1. The minimum absolute atomic E-state index is 0.126. The molecule has 2 atom stereocenters. The Morgan fingerprint density at radius 1 is 1.29 bits per heavy atom. The Balaban J connectivity index is 2.25. The van der Waals surface area contributed by atoms with Gasteiger partial charge in [-0.05, 0) is 18.7 Å².